The summed E-state index contributed by atoms with van der Waals surface area (Å²) < 4.78 is 5.39. The minimum absolute atomic E-state index is 0.116. The van der Waals surface area contributed by atoms with Gasteiger partial charge in [-0.2, -0.15) is 5.26 Å². The number of carbonyl (C=O) groups excluding carboxylic acids is 2. The number of carbonyl (C=O) groups is 2. The predicted molar refractivity (Wildman–Crippen MR) is 86.3 cm³/mol. The highest BCUT2D eigenvalue weighted by Crippen LogP contribution is 2.16. The van der Waals surface area contributed by atoms with Crippen LogP contribution in [-0.4, -0.2) is 18.3 Å². The molecule has 2 aromatic carbocycles. The molecule has 1 N–H and O–H groups in total. The normalized spacial score (nSPS) is 9.74. The second-order valence-corrected chi connectivity index (χ2v) is 4.92. The number of para-hydroxylation sites is 1. The largest absolute Gasteiger partial charge is 0.484 e. The highest BCUT2D eigenvalue weighted by atomic mass is 16.5. The van der Waals surface area contributed by atoms with E-state index in [9.17, 15) is 9.59 Å². The highest BCUT2D eigenvalue weighted by molar-refractivity contribution is 6.03. The average Bonchev–Trinajstić information content (AvgIpc) is 2.55. The second kappa shape index (κ2) is 7.76. The number of nitrogens with one attached hydrogen (secondary N) is 1. The van der Waals surface area contributed by atoms with Crippen molar-refractivity contribution in [2.24, 2.45) is 0 Å². The Balaban J connectivity index is 1.93. The summed E-state index contributed by atoms with van der Waals surface area (Å²) in [7, 11) is 0. The fraction of sp³-hybridized carbons (Fsp3) is 0.167. The lowest BCUT2D eigenvalue weighted by Gasteiger charge is -2.10. The summed E-state index contributed by atoms with van der Waals surface area (Å²) in [6.45, 7) is 1.29. The van der Waals surface area contributed by atoms with Gasteiger partial charge >= 0.3 is 0 Å². The zero-order valence-electron chi connectivity index (χ0n) is 12.7. The Bertz CT molecular complexity index is 746. The number of Topliss-reactive ketones (excluding diaryl/α,β-unsaturated/α-hetero) is 1. The highest BCUT2D eigenvalue weighted by Gasteiger charge is 2.10. The van der Waals surface area contributed by atoms with Crippen LogP contribution >= 0.6 is 0 Å². The summed E-state index contributed by atoms with van der Waals surface area (Å²) in [6.07, 6.45) is 0.336. The predicted octanol–water partition coefficient (Wildman–Crippen LogP) is 2.97. The molecule has 0 fully saturated rings. The van der Waals surface area contributed by atoms with Crippen molar-refractivity contribution in [2.45, 2.75) is 13.3 Å². The van der Waals surface area contributed by atoms with E-state index in [1.54, 1.807) is 48.5 Å². The van der Waals surface area contributed by atoms with Crippen molar-refractivity contribution < 1.29 is 14.3 Å². The number of nitrogens with zero attached hydrogens (tertiary/aromatic N) is 1. The molecule has 0 heterocycles. The van der Waals surface area contributed by atoms with Gasteiger partial charge in [-0.15, -0.1) is 0 Å². The van der Waals surface area contributed by atoms with Gasteiger partial charge in [-0.3, -0.25) is 9.59 Å². The monoisotopic (exact) mass is 308 g/mol. The molecular formula is C18H16N2O3. The molecule has 0 aliphatic rings. The summed E-state index contributed by atoms with van der Waals surface area (Å²) >= 11 is 0. The van der Waals surface area contributed by atoms with Gasteiger partial charge in [-0.05, 0) is 36.8 Å². The Kier molecular flexibility index (Phi) is 5.48. The topological polar surface area (TPSA) is 79.2 Å². The van der Waals surface area contributed by atoms with Gasteiger partial charge in [0.05, 0.1) is 18.2 Å². The molecule has 5 nitrogen and oxygen atoms in total. The molecule has 0 spiro atoms. The first-order valence-corrected chi connectivity index (χ1v) is 7.08. The number of amides is 1. The van der Waals surface area contributed by atoms with Crippen LogP contribution < -0.4 is 10.1 Å². The third-order valence-corrected chi connectivity index (χ3v) is 3.16. The van der Waals surface area contributed by atoms with E-state index in [1.807, 2.05) is 0 Å². The van der Waals surface area contributed by atoms with Crippen LogP contribution in [0.15, 0.2) is 48.5 Å². The lowest BCUT2D eigenvalue weighted by Crippen LogP contribution is -2.21. The van der Waals surface area contributed by atoms with Gasteiger partial charge in [0, 0.05) is 5.56 Å². The second-order valence-electron chi connectivity index (χ2n) is 4.92. The average molecular weight is 308 g/mol. The number of anilines is 1. The van der Waals surface area contributed by atoms with Crippen LogP contribution in [0, 0.1) is 11.3 Å². The molecule has 0 aliphatic carbocycles. The minimum Gasteiger partial charge on any atom is -0.484 e. The maximum atomic E-state index is 11.9. The van der Waals surface area contributed by atoms with Crippen LogP contribution in [0.2, 0.25) is 0 Å². The van der Waals surface area contributed by atoms with E-state index in [4.69, 9.17) is 10.00 Å². The molecule has 0 aromatic heterocycles. The fourth-order valence-electron chi connectivity index (χ4n) is 2.03. The van der Waals surface area contributed by atoms with Crippen LogP contribution in [0.1, 0.15) is 22.8 Å². The molecule has 5 heteroatoms. The van der Waals surface area contributed by atoms with Crippen molar-refractivity contribution in [1.29, 1.82) is 5.26 Å². The fourth-order valence-corrected chi connectivity index (χ4v) is 2.03. The molecule has 2 aromatic rings. The van der Waals surface area contributed by atoms with E-state index in [-0.39, 0.29) is 18.3 Å². The van der Waals surface area contributed by atoms with Crippen molar-refractivity contribution in [2.75, 3.05) is 11.9 Å². The maximum Gasteiger partial charge on any atom is 0.262 e. The van der Waals surface area contributed by atoms with Crippen LogP contribution in [-0.2, 0) is 11.2 Å². The molecule has 0 aliphatic heterocycles. The van der Waals surface area contributed by atoms with E-state index >= 15 is 0 Å². The first-order valence-electron chi connectivity index (χ1n) is 7.08. The van der Waals surface area contributed by atoms with E-state index in [2.05, 4.69) is 11.4 Å². The number of hydrogen-bond acceptors (Lipinski definition) is 4. The quantitative estimate of drug-likeness (QED) is 0.832. The number of ether oxygens (including phenoxy) is 1. The Morgan fingerprint density at radius 1 is 1.13 bits per heavy atom. The molecule has 0 unspecified atom stereocenters. The van der Waals surface area contributed by atoms with Crippen molar-refractivity contribution in [3.63, 3.8) is 0 Å². The van der Waals surface area contributed by atoms with Crippen molar-refractivity contribution in [1.82, 2.24) is 0 Å². The van der Waals surface area contributed by atoms with Gasteiger partial charge < -0.3 is 10.1 Å². The van der Waals surface area contributed by atoms with Gasteiger partial charge in [0.2, 0.25) is 0 Å². The zero-order chi connectivity index (χ0) is 16.7. The summed E-state index contributed by atoms with van der Waals surface area (Å²) in [5.41, 5.74) is 1.82. The van der Waals surface area contributed by atoms with Crippen molar-refractivity contribution >= 4 is 17.4 Å². The van der Waals surface area contributed by atoms with Crippen LogP contribution in [0.3, 0.4) is 0 Å². The Labute approximate surface area is 134 Å². The van der Waals surface area contributed by atoms with Gasteiger partial charge in [0.25, 0.3) is 5.91 Å². The molecule has 2 rings (SSSR count). The number of ketones is 1. The summed E-state index contributed by atoms with van der Waals surface area (Å²) in [4.78, 5) is 23.4. The van der Waals surface area contributed by atoms with Crippen LogP contribution in [0.5, 0.6) is 5.75 Å². The molecular weight excluding hydrogens is 292 g/mol. The van der Waals surface area contributed by atoms with Crippen LogP contribution in [0.25, 0.3) is 0 Å². The van der Waals surface area contributed by atoms with E-state index in [0.717, 1.165) is 5.56 Å². The first kappa shape index (κ1) is 16.2. The standard InChI is InChI=1S/C18H16N2O3/c1-13(21)16-4-2-3-5-17(16)20-18(22)12-23-15-8-6-14(7-9-15)10-11-19/h2-9H,10,12H2,1H3,(H,20,22). The Morgan fingerprint density at radius 3 is 2.48 bits per heavy atom. The number of nitriles is 1. The molecule has 0 atom stereocenters. The van der Waals surface area contributed by atoms with E-state index in [1.165, 1.54) is 6.92 Å². The minimum atomic E-state index is -0.347. The Hall–Kier alpha value is -3.13. The summed E-state index contributed by atoms with van der Waals surface area (Å²) in [5, 5.41) is 11.3. The number of benzene rings is 2. The third-order valence-electron chi connectivity index (χ3n) is 3.16. The first-order chi connectivity index (χ1) is 11.1. The smallest absolute Gasteiger partial charge is 0.262 e. The van der Waals surface area contributed by atoms with E-state index < -0.39 is 0 Å². The number of hydrogen-bond donors (Lipinski definition) is 1. The van der Waals surface area contributed by atoms with Crippen LogP contribution in [0.4, 0.5) is 5.69 Å². The molecule has 0 saturated heterocycles. The van der Waals surface area contributed by atoms with Gasteiger partial charge in [-0.1, -0.05) is 24.3 Å². The van der Waals surface area contributed by atoms with Crippen molar-refractivity contribution in [3.05, 3.63) is 59.7 Å². The lowest BCUT2D eigenvalue weighted by atomic mass is 10.1. The summed E-state index contributed by atoms with van der Waals surface area (Å²) in [5.74, 6) is 0.0800. The molecule has 23 heavy (non-hydrogen) atoms. The molecule has 0 radical (unpaired) electrons. The SMILES string of the molecule is CC(=O)c1ccccc1NC(=O)COc1ccc(CC#N)cc1. The van der Waals surface area contributed by atoms with Gasteiger partial charge in [0.1, 0.15) is 5.75 Å². The molecule has 1 amide bonds. The van der Waals surface area contributed by atoms with E-state index in [0.29, 0.717) is 23.4 Å². The maximum absolute atomic E-state index is 11.9. The Morgan fingerprint density at radius 2 is 1.83 bits per heavy atom. The molecule has 116 valence electrons. The zero-order valence-corrected chi connectivity index (χ0v) is 12.7. The third kappa shape index (κ3) is 4.68. The van der Waals surface area contributed by atoms with Gasteiger partial charge in [-0.25, -0.2) is 0 Å². The lowest BCUT2D eigenvalue weighted by molar-refractivity contribution is -0.118. The molecule has 0 saturated carbocycles. The summed E-state index contributed by atoms with van der Waals surface area (Å²) in [6, 6.07) is 15.9. The number of rotatable bonds is 6. The van der Waals surface area contributed by atoms with Crippen molar-refractivity contribution in [3.8, 4) is 11.8 Å². The van der Waals surface area contributed by atoms with Gasteiger partial charge in [0.15, 0.2) is 12.4 Å². The molecule has 0 bridgehead atoms.